The Balaban J connectivity index is 0.000000128. The number of hydrogen-bond donors (Lipinski definition) is 0. The minimum Gasteiger partial charge on any atom is -0.255 e. The van der Waals surface area contributed by atoms with E-state index in [0.717, 1.165) is 78.8 Å². The smallest absolute Gasteiger partial charge is 0.200 e. The first-order chi connectivity index (χ1) is 48.5. The zero-order valence-corrected chi connectivity index (χ0v) is 63.9. The number of nitrogens with zero attached hydrogens (tertiary/aromatic N) is 8. The number of rotatable bonds is 7. The van der Waals surface area contributed by atoms with Crippen LogP contribution in [0.25, 0.3) is 101 Å². The lowest BCUT2D eigenvalue weighted by Gasteiger charge is -2.05. The Morgan fingerprint density at radius 1 is 0.192 bits per heavy atom. The molecule has 0 aliphatic rings. The molecule has 0 N–H and O–H groups in total. The Labute approximate surface area is 635 Å². The predicted octanol–water partition coefficient (Wildman–Crippen LogP) is 26.3. The number of pyridine rings is 3. The van der Waals surface area contributed by atoms with Crippen molar-refractivity contribution < 1.29 is 0 Å². The molecule has 99 heavy (non-hydrogen) atoms. The number of benzene rings is 11. The zero-order chi connectivity index (χ0) is 68.8. The second kappa shape index (κ2) is 38.8. The van der Waals surface area contributed by atoms with Crippen LogP contribution in [0.15, 0.2) is 390 Å². The van der Waals surface area contributed by atoms with E-state index in [9.17, 15) is 0 Å². The van der Waals surface area contributed by atoms with Gasteiger partial charge in [0.25, 0.3) is 0 Å². The van der Waals surface area contributed by atoms with E-state index in [1.807, 2.05) is 224 Å². The van der Waals surface area contributed by atoms with Crippen molar-refractivity contribution in [1.82, 2.24) is 39.9 Å². The molecule has 0 atom stereocenters. The summed E-state index contributed by atoms with van der Waals surface area (Å²) in [6, 6.07) is 115. The number of aromatic nitrogens is 8. The van der Waals surface area contributed by atoms with Gasteiger partial charge in [0.2, 0.25) is 4.73 Å². The topological polar surface area (TPSA) is 103 Å². The lowest BCUT2D eigenvalue weighted by atomic mass is 10.1. The lowest BCUT2D eigenvalue weighted by Crippen LogP contribution is -1.97. The van der Waals surface area contributed by atoms with Crippen molar-refractivity contribution in [1.29, 1.82) is 0 Å². The Morgan fingerprint density at radius 3 is 1.04 bits per heavy atom. The fourth-order valence-electron chi connectivity index (χ4n) is 9.54. The summed E-state index contributed by atoms with van der Waals surface area (Å²) < 4.78 is 6.66. The highest BCUT2D eigenvalue weighted by Gasteiger charge is 2.11. The summed E-state index contributed by atoms with van der Waals surface area (Å²) in [5.74, 6) is 1.34. The highest BCUT2D eigenvalue weighted by Crippen LogP contribution is 2.29. The molecule has 0 bridgehead atoms. The molecular weight excluding hydrogens is 1680 g/mol. The van der Waals surface area contributed by atoms with Gasteiger partial charge in [-0.15, -0.1) is 0 Å². The zero-order valence-electron chi connectivity index (χ0n) is 52.8. The third-order valence-corrected chi connectivity index (χ3v) is 17.7. The van der Waals surface area contributed by atoms with Crippen LogP contribution in [-0.4, -0.2) is 39.9 Å². The molecule has 16 rings (SSSR count). The van der Waals surface area contributed by atoms with Crippen molar-refractivity contribution in [2.45, 2.75) is 0 Å². The van der Waals surface area contributed by atoms with E-state index < -0.39 is 0 Å². The van der Waals surface area contributed by atoms with Gasteiger partial charge in [-0.1, -0.05) is 341 Å². The molecule has 5 aromatic heterocycles. The van der Waals surface area contributed by atoms with Crippen LogP contribution in [0.5, 0.6) is 0 Å². The maximum Gasteiger partial charge on any atom is 0.200 e. The summed E-state index contributed by atoms with van der Waals surface area (Å²) in [5.41, 5.74) is 11.8. The fraction of sp³-hybridized carbons (Fsp3) is 0. The van der Waals surface area contributed by atoms with Gasteiger partial charge in [-0.05, 0) is 149 Å². The fourth-order valence-corrected chi connectivity index (χ4v) is 12.1. The maximum absolute atomic E-state index is 4.62. The molecule has 484 valence electrons. The third kappa shape index (κ3) is 23.2. The van der Waals surface area contributed by atoms with Crippen molar-refractivity contribution >= 4 is 133 Å². The maximum atomic E-state index is 4.62. The molecule has 0 aliphatic carbocycles. The van der Waals surface area contributed by atoms with Crippen molar-refractivity contribution in [2.24, 2.45) is 0 Å². The average molecular weight is 1740 g/mol. The van der Waals surface area contributed by atoms with Gasteiger partial charge in [-0.3, -0.25) is 9.97 Å². The standard InChI is InChI=1S/C16H11BrN2.2C15H10BrN3.C12H9Br.2C10H7Br.C6H5Br/c17-16-18-14(12-7-3-1-4-8-12)11-15(19-16)13-9-5-2-6-10-13;16-11-9-14(12-5-1-3-7-17-12)19-15(10-11)13-6-2-4-8-18-13;16-15-18-13(11-7-3-1-4-8-11)17-14(19-15)12-9-5-2-6-10-12;13-12-8-6-11(7-9-12)10-4-2-1-3-5-10;11-10-7-3-5-8-4-1-2-6-9(8)10;11-10-6-5-8-3-1-2-4-9(8)7-10;7-6-4-2-1-3-5-6/h1-11H;2*1-10H;1-9H;2*1-7H;1-5H. The number of fused-ring (bicyclic) bond motifs is 2. The van der Waals surface area contributed by atoms with Gasteiger partial charge >= 0.3 is 0 Å². The van der Waals surface area contributed by atoms with Gasteiger partial charge in [0.05, 0.1) is 34.2 Å². The van der Waals surface area contributed by atoms with E-state index in [2.05, 4.69) is 273 Å². The van der Waals surface area contributed by atoms with Crippen molar-refractivity contribution in [3.05, 3.63) is 390 Å². The number of halogens is 7. The van der Waals surface area contributed by atoms with Gasteiger partial charge in [0.1, 0.15) is 0 Å². The molecule has 15 heteroatoms. The second-order valence-corrected chi connectivity index (χ2v) is 27.2. The summed E-state index contributed by atoms with van der Waals surface area (Å²) in [6.45, 7) is 0. The first-order valence-corrected chi connectivity index (χ1v) is 36.5. The van der Waals surface area contributed by atoms with Gasteiger partial charge in [-0.2, -0.15) is 0 Å². The molecular formula is C84H59Br7N8. The molecule has 0 saturated carbocycles. The summed E-state index contributed by atoms with van der Waals surface area (Å²) >= 11 is 23.9. The van der Waals surface area contributed by atoms with E-state index in [1.54, 1.807) is 12.4 Å². The van der Waals surface area contributed by atoms with Crippen LogP contribution in [0, 0.1) is 0 Å². The van der Waals surface area contributed by atoms with Crippen LogP contribution in [0.3, 0.4) is 0 Å². The molecule has 0 amide bonds. The molecule has 16 aromatic rings. The Morgan fingerprint density at radius 2 is 0.576 bits per heavy atom. The molecule has 0 radical (unpaired) electrons. The molecule has 5 heterocycles. The summed E-state index contributed by atoms with van der Waals surface area (Å²) in [4.78, 5) is 35.3. The van der Waals surface area contributed by atoms with Crippen LogP contribution in [0.1, 0.15) is 0 Å². The minimum atomic E-state index is 0.542. The van der Waals surface area contributed by atoms with E-state index in [1.165, 1.54) is 32.7 Å². The Kier molecular flexibility index (Phi) is 28.5. The minimum absolute atomic E-state index is 0.542. The quantitative estimate of drug-likeness (QED) is 0.145. The largest absolute Gasteiger partial charge is 0.255 e. The average Bonchev–Trinajstić information content (AvgIpc) is 0.961. The molecule has 0 unspecified atom stereocenters. The van der Waals surface area contributed by atoms with Crippen molar-refractivity contribution in [2.75, 3.05) is 0 Å². The molecule has 11 aromatic carbocycles. The SMILES string of the molecule is Brc1cc(-c2ccccn2)nc(-c2ccccn2)c1.Brc1ccc(-c2ccccc2)cc1.Brc1ccc2ccccc2c1.Brc1cccc2ccccc12.Brc1ccccc1.Brc1nc(-c2ccccc2)cc(-c2ccccc2)n1.Brc1nc(-c2ccccc2)nc(-c2ccccc2)n1. The van der Waals surface area contributed by atoms with Crippen LogP contribution < -0.4 is 0 Å². The van der Waals surface area contributed by atoms with Crippen molar-refractivity contribution in [3.63, 3.8) is 0 Å². The predicted molar refractivity (Wildman–Crippen MR) is 434 cm³/mol. The molecule has 0 fully saturated rings. The Hall–Kier alpha value is -9.16. The van der Waals surface area contributed by atoms with Gasteiger partial charge < -0.3 is 0 Å². The summed E-state index contributed by atoms with van der Waals surface area (Å²) in [5, 5.41) is 5.12. The molecule has 0 aliphatic heterocycles. The Bertz CT molecular complexity index is 4600. The van der Waals surface area contributed by atoms with Gasteiger partial charge in [0.15, 0.2) is 16.4 Å². The van der Waals surface area contributed by atoms with Gasteiger partial charge in [0, 0.05) is 57.0 Å². The van der Waals surface area contributed by atoms with E-state index in [0.29, 0.717) is 21.1 Å². The van der Waals surface area contributed by atoms with Crippen LogP contribution in [0.2, 0.25) is 0 Å². The summed E-state index contributed by atoms with van der Waals surface area (Å²) in [7, 11) is 0. The molecule has 0 saturated heterocycles. The van der Waals surface area contributed by atoms with Gasteiger partial charge in [-0.25, -0.2) is 29.9 Å². The normalized spacial score (nSPS) is 10.2. The van der Waals surface area contributed by atoms with Crippen molar-refractivity contribution in [3.8, 4) is 79.2 Å². The highest BCUT2D eigenvalue weighted by atomic mass is 79.9. The van der Waals surface area contributed by atoms with E-state index in [-0.39, 0.29) is 0 Å². The third-order valence-electron chi connectivity index (χ3n) is 14.3. The first kappa shape index (κ1) is 72.6. The van der Waals surface area contributed by atoms with Crippen LogP contribution in [0.4, 0.5) is 0 Å². The highest BCUT2D eigenvalue weighted by molar-refractivity contribution is 9.11. The van der Waals surface area contributed by atoms with E-state index in [4.69, 9.17) is 0 Å². The number of hydrogen-bond acceptors (Lipinski definition) is 8. The van der Waals surface area contributed by atoms with Crippen LogP contribution >= 0.6 is 112 Å². The van der Waals surface area contributed by atoms with E-state index >= 15 is 0 Å². The van der Waals surface area contributed by atoms with Crippen LogP contribution in [-0.2, 0) is 0 Å². The monoisotopic (exact) mass is 1730 g/mol. The molecule has 0 spiro atoms. The molecule has 8 nitrogen and oxygen atoms in total. The lowest BCUT2D eigenvalue weighted by molar-refractivity contribution is 1.03. The first-order valence-electron chi connectivity index (χ1n) is 31.0. The summed E-state index contributed by atoms with van der Waals surface area (Å²) in [6.07, 6.45) is 3.52. The second-order valence-electron chi connectivity index (χ2n) is 21.2.